The summed E-state index contributed by atoms with van der Waals surface area (Å²) in [4.78, 5) is 23.8. The minimum atomic E-state index is -4.56. The van der Waals surface area contributed by atoms with Gasteiger partial charge in [0.05, 0.1) is 5.56 Å². The molecule has 0 spiro atoms. The molecule has 0 aliphatic carbocycles. The molecular weight excluding hydrogens is 421 g/mol. The highest BCUT2D eigenvalue weighted by Crippen LogP contribution is 2.32. The molecule has 0 aliphatic heterocycles. The van der Waals surface area contributed by atoms with Gasteiger partial charge in [0.25, 0.3) is 0 Å². The van der Waals surface area contributed by atoms with E-state index in [1.54, 1.807) is 0 Å². The maximum Gasteiger partial charge on any atom is 0.416 e. The van der Waals surface area contributed by atoms with Gasteiger partial charge < -0.3 is 9.94 Å². The Bertz CT molecular complexity index is 1130. The first kappa shape index (κ1) is 21.6. The number of anilines is 1. The first-order valence-electron chi connectivity index (χ1n) is 8.58. The van der Waals surface area contributed by atoms with Crippen molar-refractivity contribution < 1.29 is 27.9 Å². The van der Waals surface area contributed by atoms with Gasteiger partial charge in [-0.2, -0.15) is 13.2 Å². The molecule has 14 heteroatoms. The van der Waals surface area contributed by atoms with Crippen molar-refractivity contribution in [2.45, 2.75) is 19.7 Å². The van der Waals surface area contributed by atoms with Crippen LogP contribution in [0.3, 0.4) is 0 Å². The number of aromatic nitrogens is 6. The molecule has 0 bridgehead atoms. The van der Waals surface area contributed by atoms with Gasteiger partial charge in [-0.3, -0.25) is 5.32 Å². The first-order valence-corrected chi connectivity index (χ1v) is 8.58. The van der Waals surface area contributed by atoms with E-state index in [-0.39, 0.29) is 40.9 Å². The van der Waals surface area contributed by atoms with Crippen LogP contribution in [0.2, 0.25) is 0 Å². The molecule has 2 heterocycles. The summed E-state index contributed by atoms with van der Waals surface area (Å²) in [5, 5.41) is 25.6. The zero-order chi connectivity index (χ0) is 22.6. The molecule has 11 nitrogen and oxygen atoms in total. The number of hydrogen-bond donors (Lipinski definition) is 2. The van der Waals surface area contributed by atoms with Crippen LogP contribution < -0.4 is 5.32 Å². The maximum atomic E-state index is 13.3. The number of tetrazole rings is 1. The number of rotatable bonds is 6. The smallest absolute Gasteiger partial charge is 0.416 e. The van der Waals surface area contributed by atoms with E-state index in [1.165, 1.54) is 43.0 Å². The highest BCUT2D eigenvalue weighted by molar-refractivity contribution is 6.10. The standard InChI is InChI=1S/C17H15F3N8O3/c1-9-3-4-10(7-11(9)17(18,19)20)14(15-24-26-27-28(15)2)25-31-8-13-21-6-5-12(22-13)23-16(29)30/h3-7H,8H2,1-2H3,(H,29,30)(H,21,22,23). The molecule has 31 heavy (non-hydrogen) atoms. The number of amides is 1. The lowest BCUT2D eigenvalue weighted by molar-refractivity contribution is -0.138. The first-order chi connectivity index (χ1) is 14.6. The number of benzene rings is 1. The van der Waals surface area contributed by atoms with Crippen LogP contribution in [0, 0.1) is 6.92 Å². The maximum absolute atomic E-state index is 13.3. The number of alkyl halides is 3. The Morgan fingerprint density at radius 2 is 2.10 bits per heavy atom. The fourth-order valence-corrected chi connectivity index (χ4v) is 2.53. The second kappa shape index (κ2) is 8.73. The second-order valence-corrected chi connectivity index (χ2v) is 6.16. The summed E-state index contributed by atoms with van der Waals surface area (Å²) < 4.78 is 41.2. The Morgan fingerprint density at radius 1 is 1.32 bits per heavy atom. The molecule has 3 aromatic rings. The van der Waals surface area contributed by atoms with Gasteiger partial charge in [-0.15, -0.1) is 5.10 Å². The third-order valence-corrected chi connectivity index (χ3v) is 3.94. The van der Waals surface area contributed by atoms with Crippen LogP contribution >= 0.6 is 0 Å². The van der Waals surface area contributed by atoms with Crippen molar-refractivity contribution in [1.29, 1.82) is 0 Å². The van der Waals surface area contributed by atoms with Gasteiger partial charge >= 0.3 is 12.3 Å². The Hall–Kier alpha value is -4.10. The molecule has 0 aliphatic rings. The Labute approximate surface area is 172 Å². The number of hydrogen-bond acceptors (Lipinski definition) is 8. The summed E-state index contributed by atoms with van der Waals surface area (Å²) in [6, 6.07) is 5.01. The molecule has 162 valence electrons. The largest absolute Gasteiger partial charge is 0.465 e. The van der Waals surface area contributed by atoms with Crippen LogP contribution in [-0.4, -0.2) is 47.1 Å². The normalized spacial score (nSPS) is 12.0. The van der Waals surface area contributed by atoms with Crippen LogP contribution in [0.1, 0.15) is 28.3 Å². The number of aryl methyl sites for hydroxylation is 2. The SMILES string of the molecule is Cc1ccc(C(=NOCc2nccc(NC(=O)O)n2)c2nnnn2C)cc1C(F)(F)F. The average Bonchev–Trinajstić information content (AvgIpc) is 3.10. The van der Waals surface area contributed by atoms with Crippen LogP contribution in [0.4, 0.5) is 23.8 Å². The van der Waals surface area contributed by atoms with E-state index in [2.05, 4.69) is 36.0 Å². The third-order valence-electron chi connectivity index (χ3n) is 3.94. The van der Waals surface area contributed by atoms with E-state index < -0.39 is 17.8 Å². The van der Waals surface area contributed by atoms with Crippen LogP contribution in [0.25, 0.3) is 0 Å². The molecule has 0 radical (unpaired) electrons. The van der Waals surface area contributed by atoms with Gasteiger partial charge in [0.1, 0.15) is 5.82 Å². The van der Waals surface area contributed by atoms with Gasteiger partial charge in [-0.1, -0.05) is 17.3 Å². The predicted octanol–water partition coefficient (Wildman–Crippen LogP) is 2.39. The van der Waals surface area contributed by atoms with Crippen molar-refractivity contribution in [1.82, 2.24) is 30.2 Å². The van der Waals surface area contributed by atoms with Gasteiger partial charge in [0, 0.05) is 18.8 Å². The van der Waals surface area contributed by atoms with Crippen molar-refractivity contribution in [2.75, 3.05) is 5.32 Å². The lowest BCUT2D eigenvalue weighted by Gasteiger charge is -2.13. The third kappa shape index (κ3) is 5.29. The highest BCUT2D eigenvalue weighted by Gasteiger charge is 2.33. The van der Waals surface area contributed by atoms with E-state index in [4.69, 9.17) is 9.94 Å². The number of halogens is 3. The lowest BCUT2D eigenvalue weighted by Crippen LogP contribution is -2.15. The number of nitrogens with zero attached hydrogens (tertiary/aromatic N) is 7. The average molecular weight is 436 g/mol. The Balaban J connectivity index is 1.92. The summed E-state index contributed by atoms with van der Waals surface area (Å²) in [5.41, 5.74) is -0.747. The van der Waals surface area contributed by atoms with Gasteiger partial charge in [-0.25, -0.2) is 19.4 Å². The Kier molecular flexibility index (Phi) is 6.08. The number of oxime groups is 1. The molecule has 1 aromatic carbocycles. The van der Waals surface area contributed by atoms with Crippen molar-refractivity contribution in [3.8, 4) is 0 Å². The van der Waals surface area contributed by atoms with E-state index in [1.807, 2.05) is 0 Å². The van der Waals surface area contributed by atoms with Crippen LogP contribution in [0.15, 0.2) is 35.6 Å². The van der Waals surface area contributed by atoms with Crippen molar-refractivity contribution in [3.05, 3.63) is 58.8 Å². The number of nitrogens with one attached hydrogen (secondary N) is 1. The predicted molar refractivity (Wildman–Crippen MR) is 99.1 cm³/mol. The molecular formula is C17H15F3N8O3. The van der Waals surface area contributed by atoms with E-state index in [0.29, 0.717) is 0 Å². The Morgan fingerprint density at radius 3 is 2.74 bits per heavy atom. The summed E-state index contributed by atoms with van der Waals surface area (Å²) in [6.45, 7) is 1.06. The zero-order valence-corrected chi connectivity index (χ0v) is 16.1. The van der Waals surface area contributed by atoms with Crippen LogP contribution in [0.5, 0.6) is 0 Å². The fraction of sp³-hybridized carbons (Fsp3) is 0.235. The topological polar surface area (TPSA) is 140 Å². The van der Waals surface area contributed by atoms with Crippen molar-refractivity contribution >= 4 is 17.6 Å². The number of carboxylic acid groups (broad SMARTS) is 1. The fourth-order valence-electron chi connectivity index (χ4n) is 2.53. The van der Waals surface area contributed by atoms with E-state index >= 15 is 0 Å². The minimum absolute atomic E-state index is 0.0242. The second-order valence-electron chi connectivity index (χ2n) is 6.16. The lowest BCUT2D eigenvalue weighted by atomic mass is 10.0. The van der Waals surface area contributed by atoms with E-state index in [9.17, 15) is 18.0 Å². The van der Waals surface area contributed by atoms with Gasteiger partial charge in [-0.05, 0) is 35.0 Å². The zero-order valence-electron chi connectivity index (χ0n) is 16.1. The molecule has 0 unspecified atom stereocenters. The van der Waals surface area contributed by atoms with Crippen molar-refractivity contribution in [2.24, 2.45) is 12.2 Å². The summed E-state index contributed by atoms with van der Waals surface area (Å²) in [5.74, 6) is 0.181. The number of carbonyl (C=O) groups is 1. The monoisotopic (exact) mass is 436 g/mol. The van der Waals surface area contributed by atoms with Gasteiger partial charge in [0.15, 0.2) is 18.1 Å². The highest BCUT2D eigenvalue weighted by atomic mass is 19.4. The molecule has 0 atom stereocenters. The summed E-state index contributed by atoms with van der Waals surface area (Å²) in [7, 11) is 1.49. The van der Waals surface area contributed by atoms with Crippen molar-refractivity contribution in [3.63, 3.8) is 0 Å². The van der Waals surface area contributed by atoms with E-state index in [0.717, 1.165) is 6.07 Å². The quantitative estimate of drug-likeness (QED) is 0.443. The molecule has 3 rings (SSSR count). The molecule has 1 amide bonds. The molecule has 2 N–H and O–H groups in total. The molecule has 2 aromatic heterocycles. The molecule has 0 saturated heterocycles. The van der Waals surface area contributed by atoms with Gasteiger partial charge in [0.2, 0.25) is 5.82 Å². The molecule has 0 fully saturated rings. The summed E-state index contributed by atoms with van der Waals surface area (Å²) in [6.07, 6.45) is -4.56. The minimum Gasteiger partial charge on any atom is -0.465 e. The molecule has 0 saturated carbocycles. The van der Waals surface area contributed by atoms with Crippen LogP contribution in [-0.2, 0) is 24.7 Å². The summed E-state index contributed by atoms with van der Waals surface area (Å²) >= 11 is 0.